The number of amides is 2. The Bertz CT molecular complexity index is 965. The second-order valence-corrected chi connectivity index (χ2v) is 7.44. The lowest BCUT2D eigenvalue weighted by Gasteiger charge is -2.33. The Morgan fingerprint density at radius 3 is 2.73 bits per heavy atom. The Kier molecular flexibility index (Phi) is 4.36. The van der Waals surface area contributed by atoms with Gasteiger partial charge in [0.2, 0.25) is 0 Å². The molecule has 0 radical (unpaired) electrons. The smallest absolute Gasteiger partial charge is 0.319 e. The number of methoxy groups -OCH3 is 1. The Balaban J connectivity index is 1.81. The van der Waals surface area contributed by atoms with E-state index in [2.05, 4.69) is 33.0 Å². The zero-order chi connectivity index (χ0) is 18.3. The van der Waals surface area contributed by atoms with E-state index < -0.39 is 6.03 Å². The fraction of sp³-hybridized carbons (Fsp3) is 0.250. The van der Waals surface area contributed by atoms with Crippen molar-refractivity contribution < 1.29 is 9.53 Å². The molecule has 2 aromatic carbocycles. The fourth-order valence-electron chi connectivity index (χ4n) is 3.87. The highest BCUT2D eigenvalue weighted by Crippen LogP contribution is 2.40. The highest BCUT2D eigenvalue weighted by atomic mass is 79.9. The molecule has 1 aliphatic carbocycles. The molecule has 0 saturated heterocycles. The molecule has 1 atom stereocenters. The number of aryl methyl sites for hydroxylation is 1. The van der Waals surface area contributed by atoms with Crippen LogP contribution in [0, 0.1) is 0 Å². The van der Waals surface area contributed by atoms with Crippen molar-refractivity contribution >= 4 is 38.6 Å². The van der Waals surface area contributed by atoms with Gasteiger partial charge < -0.3 is 15.5 Å². The molecule has 1 aliphatic rings. The molecule has 2 amide bonds. The molecule has 0 saturated carbocycles. The summed E-state index contributed by atoms with van der Waals surface area (Å²) in [6, 6.07) is 13.1. The van der Waals surface area contributed by atoms with Gasteiger partial charge in [-0.05, 0) is 67.3 Å². The number of nitrogens with one attached hydrogen (secondary N) is 1. The number of hydrogen-bond acceptors (Lipinski definition) is 2. The molecule has 4 rings (SSSR count). The maximum Gasteiger partial charge on any atom is 0.319 e. The predicted molar refractivity (Wildman–Crippen MR) is 107 cm³/mol. The number of carbonyl (C=O) groups is 1. The number of urea groups is 1. The molecule has 3 aromatic rings. The van der Waals surface area contributed by atoms with E-state index in [-0.39, 0.29) is 6.04 Å². The Hall–Kier alpha value is -2.47. The maximum atomic E-state index is 12.3. The summed E-state index contributed by atoms with van der Waals surface area (Å²) < 4.78 is 6.27. The normalized spacial score (nSPS) is 16.3. The highest BCUT2D eigenvalue weighted by Gasteiger charge is 2.32. The van der Waals surface area contributed by atoms with Crippen LogP contribution in [-0.4, -0.2) is 18.1 Å². The quantitative estimate of drug-likeness (QED) is 0.640. The number of anilines is 1. The fourth-order valence-corrected chi connectivity index (χ4v) is 4.23. The minimum absolute atomic E-state index is 0.101. The van der Waals surface area contributed by atoms with Crippen LogP contribution >= 0.6 is 15.9 Å². The Morgan fingerprint density at radius 1 is 1.27 bits per heavy atom. The van der Waals surface area contributed by atoms with Crippen molar-refractivity contribution in [3.8, 4) is 5.75 Å². The molecule has 3 N–H and O–H groups in total. The molecule has 0 aliphatic heterocycles. The molecule has 0 spiro atoms. The van der Waals surface area contributed by atoms with Crippen molar-refractivity contribution in [1.29, 1.82) is 0 Å². The number of aromatic amines is 1. The van der Waals surface area contributed by atoms with Crippen LogP contribution in [-0.2, 0) is 6.42 Å². The molecule has 0 bridgehead atoms. The third-order valence-electron chi connectivity index (χ3n) is 5.04. The van der Waals surface area contributed by atoms with Gasteiger partial charge in [-0.25, -0.2) is 4.79 Å². The van der Waals surface area contributed by atoms with E-state index in [9.17, 15) is 4.79 Å². The number of halogens is 1. The van der Waals surface area contributed by atoms with Crippen LogP contribution in [0.15, 0.2) is 46.9 Å². The van der Waals surface area contributed by atoms with Crippen molar-refractivity contribution in [3.63, 3.8) is 0 Å². The summed E-state index contributed by atoms with van der Waals surface area (Å²) in [6.07, 6.45) is 2.88. The molecular formula is C20H20BrN3O2. The van der Waals surface area contributed by atoms with Crippen molar-refractivity contribution in [3.05, 3.63) is 58.2 Å². The monoisotopic (exact) mass is 413 g/mol. The minimum atomic E-state index is -0.451. The minimum Gasteiger partial charge on any atom is -0.497 e. The number of carbonyl (C=O) groups excluding carboxylic acids is 1. The lowest BCUT2D eigenvalue weighted by Crippen LogP contribution is -2.40. The van der Waals surface area contributed by atoms with Crippen LogP contribution in [0.5, 0.6) is 5.75 Å². The first-order chi connectivity index (χ1) is 12.6. The second kappa shape index (κ2) is 6.68. The number of aromatic nitrogens is 1. The van der Waals surface area contributed by atoms with E-state index in [4.69, 9.17) is 10.5 Å². The van der Waals surface area contributed by atoms with E-state index in [0.717, 1.165) is 46.4 Å². The average Bonchev–Trinajstić information content (AvgIpc) is 3.01. The summed E-state index contributed by atoms with van der Waals surface area (Å²) in [7, 11) is 1.62. The average molecular weight is 414 g/mol. The third kappa shape index (κ3) is 2.84. The molecule has 1 heterocycles. The first-order valence-electron chi connectivity index (χ1n) is 8.61. The van der Waals surface area contributed by atoms with E-state index in [1.54, 1.807) is 12.0 Å². The molecule has 5 nitrogen and oxygen atoms in total. The van der Waals surface area contributed by atoms with Crippen LogP contribution in [0.4, 0.5) is 10.5 Å². The van der Waals surface area contributed by atoms with Gasteiger partial charge in [0.05, 0.1) is 13.2 Å². The van der Waals surface area contributed by atoms with Crippen LogP contribution in [0.3, 0.4) is 0 Å². The van der Waals surface area contributed by atoms with Gasteiger partial charge in [0, 0.05) is 26.8 Å². The molecule has 134 valence electrons. The molecule has 26 heavy (non-hydrogen) atoms. The number of benzene rings is 2. The van der Waals surface area contributed by atoms with Gasteiger partial charge in [0.25, 0.3) is 0 Å². The number of ether oxygens (including phenoxy) is 1. The molecule has 1 aromatic heterocycles. The number of fused-ring (bicyclic) bond motifs is 3. The SMILES string of the molecule is COc1ccc(N(C(N)=O)C2CCCc3c2[nH]c2ccc(Br)cc32)cc1. The van der Waals surface area contributed by atoms with Crippen molar-refractivity contribution in [1.82, 2.24) is 4.98 Å². The van der Waals surface area contributed by atoms with Crippen molar-refractivity contribution in [2.75, 3.05) is 12.0 Å². The topological polar surface area (TPSA) is 71.3 Å². The number of H-pyrrole nitrogens is 1. The number of hydrogen-bond donors (Lipinski definition) is 2. The summed E-state index contributed by atoms with van der Waals surface area (Å²) in [5.41, 5.74) is 10.00. The molecule has 1 unspecified atom stereocenters. The Labute approximate surface area is 160 Å². The van der Waals surface area contributed by atoms with Gasteiger partial charge in [-0.1, -0.05) is 15.9 Å². The van der Waals surface area contributed by atoms with Crippen LogP contribution < -0.4 is 15.4 Å². The summed E-state index contributed by atoms with van der Waals surface area (Å²) in [5, 5.41) is 1.21. The molecular weight excluding hydrogens is 394 g/mol. The molecule has 6 heteroatoms. The maximum absolute atomic E-state index is 12.3. The summed E-state index contributed by atoms with van der Waals surface area (Å²) in [6.45, 7) is 0. The van der Waals surface area contributed by atoms with Gasteiger partial charge in [0.15, 0.2) is 0 Å². The summed E-state index contributed by atoms with van der Waals surface area (Å²) in [4.78, 5) is 17.5. The number of primary amides is 1. The second-order valence-electron chi connectivity index (χ2n) is 6.52. The first kappa shape index (κ1) is 17.0. The van der Waals surface area contributed by atoms with Crippen LogP contribution in [0.2, 0.25) is 0 Å². The van der Waals surface area contributed by atoms with Crippen LogP contribution in [0.25, 0.3) is 10.9 Å². The lowest BCUT2D eigenvalue weighted by molar-refractivity contribution is 0.250. The largest absolute Gasteiger partial charge is 0.497 e. The van der Waals surface area contributed by atoms with Gasteiger partial charge in [0.1, 0.15) is 5.75 Å². The van der Waals surface area contributed by atoms with E-state index in [1.165, 1.54) is 10.9 Å². The van der Waals surface area contributed by atoms with Gasteiger partial charge in [-0.3, -0.25) is 4.90 Å². The lowest BCUT2D eigenvalue weighted by atomic mass is 9.90. The Morgan fingerprint density at radius 2 is 2.04 bits per heavy atom. The summed E-state index contributed by atoms with van der Waals surface area (Å²) in [5.74, 6) is 0.748. The third-order valence-corrected chi connectivity index (χ3v) is 5.53. The van der Waals surface area contributed by atoms with E-state index in [1.807, 2.05) is 30.3 Å². The predicted octanol–water partition coefficient (Wildman–Crippen LogP) is 4.90. The summed E-state index contributed by atoms with van der Waals surface area (Å²) >= 11 is 3.55. The zero-order valence-electron chi connectivity index (χ0n) is 14.5. The van der Waals surface area contributed by atoms with Gasteiger partial charge in [-0.2, -0.15) is 0 Å². The van der Waals surface area contributed by atoms with Gasteiger partial charge >= 0.3 is 6.03 Å². The number of nitrogens with zero attached hydrogens (tertiary/aromatic N) is 1. The number of nitrogens with two attached hydrogens (primary N) is 1. The number of rotatable bonds is 3. The van der Waals surface area contributed by atoms with Crippen LogP contribution in [0.1, 0.15) is 30.1 Å². The van der Waals surface area contributed by atoms with E-state index in [0.29, 0.717) is 0 Å². The zero-order valence-corrected chi connectivity index (χ0v) is 16.0. The van der Waals surface area contributed by atoms with Crippen molar-refractivity contribution in [2.24, 2.45) is 5.73 Å². The first-order valence-corrected chi connectivity index (χ1v) is 9.40. The van der Waals surface area contributed by atoms with E-state index >= 15 is 0 Å². The highest BCUT2D eigenvalue weighted by molar-refractivity contribution is 9.10. The van der Waals surface area contributed by atoms with Gasteiger partial charge in [-0.15, -0.1) is 0 Å². The standard InChI is InChI=1S/C20H20BrN3O2/c1-26-14-8-6-13(7-9-14)24(20(22)25)18-4-2-3-15-16-11-12(21)5-10-17(16)23-19(15)18/h5-11,18,23H,2-4H2,1H3,(H2,22,25). The van der Waals surface area contributed by atoms with Crippen molar-refractivity contribution in [2.45, 2.75) is 25.3 Å². The molecule has 0 fully saturated rings.